The Hall–Kier alpha value is -0.120. The third-order valence-electron chi connectivity index (χ3n) is 3.49. The maximum absolute atomic E-state index is 5.62. The molecule has 1 aliphatic carbocycles. The molecule has 0 heterocycles. The van der Waals surface area contributed by atoms with Gasteiger partial charge in [-0.1, -0.05) is 20.3 Å². The molecule has 1 N–H and O–H groups in total. The molecule has 1 aliphatic rings. The molecule has 0 aromatic rings. The lowest BCUT2D eigenvalue weighted by molar-refractivity contribution is 0.0330. The molecule has 1 saturated carbocycles. The number of rotatable bonds is 9. The van der Waals surface area contributed by atoms with Gasteiger partial charge in [0.05, 0.1) is 13.2 Å². The van der Waals surface area contributed by atoms with Crippen molar-refractivity contribution in [2.75, 3.05) is 33.5 Å². The molecule has 102 valence electrons. The van der Waals surface area contributed by atoms with Crippen molar-refractivity contribution in [2.45, 2.75) is 45.6 Å². The van der Waals surface area contributed by atoms with E-state index in [2.05, 4.69) is 26.2 Å². The van der Waals surface area contributed by atoms with Crippen LogP contribution in [0.4, 0.5) is 0 Å². The molecule has 3 nitrogen and oxygen atoms in total. The van der Waals surface area contributed by atoms with Crippen molar-refractivity contribution in [3.8, 4) is 0 Å². The Morgan fingerprint density at radius 3 is 2.59 bits per heavy atom. The van der Waals surface area contributed by atoms with E-state index in [1.54, 1.807) is 0 Å². The Labute approximate surface area is 106 Å². The molecule has 3 heteroatoms. The first-order chi connectivity index (χ1) is 8.24. The van der Waals surface area contributed by atoms with Gasteiger partial charge >= 0.3 is 0 Å². The molecule has 0 saturated heterocycles. The predicted octanol–water partition coefficient (Wildman–Crippen LogP) is 2.45. The molecule has 2 unspecified atom stereocenters. The Bertz CT molecular complexity index is 185. The Balaban J connectivity index is 1.90. The second-order valence-corrected chi connectivity index (χ2v) is 5.46. The second kappa shape index (κ2) is 8.90. The van der Waals surface area contributed by atoms with Crippen molar-refractivity contribution in [1.82, 2.24) is 5.32 Å². The van der Waals surface area contributed by atoms with Crippen LogP contribution in [-0.4, -0.2) is 39.5 Å². The highest BCUT2D eigenvalue weighted by Crippen LogP contribution is 2.27. The van der Waals surface area contributed by atoms with Gasteiger partial charge in [-0.25, -0.2) is 0 Å². The molecule has 1 fully saturated rings. The summed E-state index contributed by atoms with van der Waals surface area (Å²) in [5, 5.41) is 3.41. The summed E-state index contributed by atoms with van der Waals surface area (Å²) in [4.78, 5) is 0. The van der Waals surface area contributed by atoms with Crippen LogP contribution in [0, 0.1) is 11.8 Å². The summed E-state index contributed by atoms with van der Waals surface area (Å²) < 4.78 is 11.1. The van der Waals surface area contributed by atoms with Gasteiger partial charge in [0.15, 0.2) is 0 Å². The van der Waals surface area contributed by atoms with Crippen molar-refractivity contribution in [2.24, 2.45) is 11.8 Å². The van der Waals surface area contributed by atoms with Gasteiger partial charge in [-0.2, -0.15) is 0 Å². The summed E-state index contributed by atoms with van der Waals surface area (Å²) in [6.07, 6.45) is 5.25. The lowest BCUT2D eigenvalue weighted by Gasteiger charge is -2.18. The van der Waals surface area contributed by atoms with Gasteiger partial charge in [-0.3, -0.25) is 0 Å². The van der Waals surface area contributed by atoms with Crippen LogP contribution in [0.2, 0.25) is 0 Å². The fraction of sp³-hybridized carbons (Fsp3) is 1.00. The predicted molar refractivity (Wildman–Crippen MR) is 71.3 cm³/mol. The minimum atomic E-state index is 0.616. The maximum Gasteiger partial charge on any atom is 0.0700 e. The summed E-state index contributed by atoms with van der Waals surface area (Å²) >= 11 is 0. The van der Waals surface area contributed by atoms with Crippen molar-refractivity contribution in [1.29, 1.82) is 0 Å². The molecule has 17 heavy (non-hydrogen) atoms. The topological polar surface area (TPSA) is 30.5 Å². The van der Waals surface area contributed by atoms with E-state index in [0.717, 1.165) is 38.4 Å². The fourth-order valence-electron chi connectivity index (χ4n) is 2.54. The van der Waals surface area contributed by atoms with Crippen molar-refractivity contribution in [3.63, 3.8) is 0 Å². The third kappa shape index (κ3) is 6.39. The van der Waals surface area contributed by atoms with Gasteiger partial charge < -0.3 is 14.8 Å². The molecule has 2 atom stereocenters. The number of hydrogen-bond donors (Lipinski definition) is 1. The van der Waals surface area contributed by atoms with Gasteiger partial charge in [0.25, 0.3) is 0 Å². The Kier molecular flexibility index (Phi) is 7.82. The lowest BCUT2D eigenvalue weighted by atomic mass is 10.0. The summed E-state index contributed by atoms with van der Waals surface area (Å²) in [5.41, 5.74) is 0. The van der Waals surface area contributed by atoms with Crippen molar-refractivity contribution < 1.29 is 9.47 Å². The van der Waals surface area contributed by atoms with Crippen LogP contribution in [0.1, 0.15) is 39.5 Å². The van der Waals surface area contributed by atoms with E-state index in [4.69, 9.17) is 9.47 Å². The van der Waals surface area contributed by atoms with E-state index < -0.39 is 0 Å². The first kappa shape index (κ1) is 14.9. The first-order valence-electron chi connectivity index (χ1n) is 7.06. The molecule has 0 aromatic carbocycles. The summed E-state index contributed by atoms with van der Waals surface area (Å²) in [5.74, 6) is 1.43. The smallest absolute Gasteiger partial charge is 0.0700 e. The van der Waals surface area contributed by atoms with E-state index in [1.165, 1.54) is 25.7 Å². The van der Waals surface area contributed by atoms with E-state index in [0.29, 0.717) is 5.92 Å². The van der Waals surface area contributed by atoms with Gasteiger partial charge in [-0.15, -0.1) is 0 Å². The average molecular weight is 243 g/mol. The Morgan fingerprint density at radius 1 is 1.12 bits per heavy atom. The minimum Gasteiger partial charge on any atom is -0.379 e. The zero-order valence-electron chi connectivity index (χ0n) is 11.7. The molecule has 0 aromatic heterocycles. The van der Waals surface area contributed by atoms with Crippen LogP contribution in [0.15, 0.2) is 0 Å². The van der Waals surface area contributed by atoms with E-state index in [-0.39, 0.29) is 0 Å². The summed E-state index contributed by atoms with van der Waals surface area (Å²) in [6, 6.07) is 0.718. The molecule has 0 bridgehead atoms. The van der Waals surface area contributed by atoms with Crippen LogP contribution < -0.4 is 5.32 Å². The molecule has 1 rings (SSSR count). The Morgan fingerprint density at radius 2 is 1.88 bits per heavy atom. The molecule has 0 aliphatic heterocycles. The van der Waals surface area contributed by atoms with Crippen LogP contribution in [-0.2, 0) is 9.47 Å². The molecular weight excluding hydrogens is 214 g/mol. The molecule has 0 radical (unpaired) electrons. The highest BCUT2D eigenvalue weighted by molar-refractivity contribution is 4.81. The molecular formula is C14H29NO2. The maximum atomic E-state index is 5.62. The van der Waals surface area contributed by atoms with Crippen molar-refractivity contribution >= 4 is 0 Å². The highest BCUT2D eigenvalue weighted by Gasteiger charge is 2.24. The average Bonchev–Trinajstić information content (AvgIpc) is 2.74. The third-order valence-corrected chi connectivity index (χ3v) is 3.49. The van der Waals surface area contributed by atoms with Crippen LogP contribution in [0.5, 0.6) is 0 Å². The second-order valence-electron chi connectivity index (χ2n) is 5.46. The lowest BCUT2D eigenvalue weighted by Crippen LogP contribution is -2.29. The summed E-state index contributed by atoms with van der Waals surface area (Å²) in [7, 11) is 2.07. The zero-order chi connectivity index (χ0) is 12.5. The van der Waals surface area contributed by atoms with Crippen molar-refractivity contribution in [3.05, 3.63) is 0 Å². The largest absolute Gasteiger partial charge is 0.379 e. The number of hydrogen-bond acceptors (Lipinski definition) is 3. The summed E-state index contributed by atoms with van der Waals surface area (Å²) in [6.45, 7) is 7.53. The van der Waals surface area contributed by atoms with Gasteiger partial charge in [0.1, 0.15) is 0 Å². The molecule has 0 amide bonds. The van der Waals surface area contributed by atoms with E-state index >= 15 is 0 Å². The van der Waals surface area contributed by atoms with Gasteiger partial charge in [-0.05, 0) is 38.1 Å². The standard InChI is InChI=1S/C14H29NO2/c1-12(2)11-17-10-9-16-8-7-13-5-4-6-14(13)15-3/h12-15H,4-11H2,1-3H3. The minimum absolute atomic E-state index is 0.616. The van der Waals surface area contributed by atoms with Gasteiger partial charge in [0.2, 0.25) is 0 Å². The zero-order valence-corrected chi connectivity index (χ0v) is 11.7. The van der Waals surface area contributed by atoms with Crippen LogP contribution >= 0.6 is 0 Å². The van der Waals surface area contributed by atoms with E-state index in [9.17, 15) is 0 Å². The quantitative estimate of drug-likeness (QED) is 0.631. The van der Waals surface area contributed by atoms with Crippen LogP contribution in [0.25, 0.3) is 0 Å². The van der Waals surface area contributed by atoms with Gasteiger partial charge in [0, 0.05) is 19.3 Å². The van der Waals surface area contributed by atoms with Crippen LogP contribution in [0.3, 0.4) is 0 Å². The fourth-order valence-corrected chi connectivity index (χ4v) is 2.54. The normalized spacial score (nSPS) is 24.7. The SMILES string of the molecule is CNC1CCCC1CCOCCOCC(C)C. The van der Waals surface area contributed by atoms with E-state index in [1.807, 2.05) is 0 Å². The highest BCUT2D eigenvalue weighted by atomic mass is 16.5. The monoisotopic (exact) mass is 243 g/mol. The molecule has 0 spiro atoms. The number of nitrogens with one attached hydrogen (secondary N) is 1. The number of ether oxygens (including phenoxy) is 2. The first-order valence-corrected chi connectivity index (χ1v) is 7.06.